The maximum absolute atomic E-state index is 12.2. The van der Waals surface area contributed by atoms with E-state index in [-0.39, 0.29) is 36.9 Å². The van der Waals surface area contributed by atoms with Crippen LogP contribution in [-0.4, -0.2) is 69.4 Å². The Morgan fingerprint density at radius 1 is 1.39 bits per heavy atom. The van der Waals surface area contributed by atoms with Crippen LogP contribution in [0.2, 0.25) is 0 Å². The number of amides is 1. The zero-order valence-corrected chi connectivity index (χ0v) is 21.2. The van der Waals surface area contributed by atoms with Gasteiger partial charge in [0.15, 0.2) is 6.61 Å². The van der Waals surface area contributed by atoms with Gasteiger partial charge in [0.1, 0.15) is 23.8 Å². The van der Waals surface area contributed by atoms with Crippen molar-refractivity contribution < 1.29 is 34.0 Å². The highest BCUT2D eigenvalue weighted by molar-refractivity contribution is 5.72. The predicted octanol–water partition coefficient (Wildman–Crippen LogP) is 0.692. The van der Waals surface area contributed by atoms with Gasteiger partial charge in [-0.25, -0.2) is 9.59 Å². The summed E-state index contributed by atoms with van der Waals surface area (Å²) in [6, 6.07) is 0. The van der Waals surface area contributed by atoms with Crippen LogP contribution in [0, 0.1) is 17.8 Å². The van der Waals surface area contributed by atoms with E-state index in [9.17, 15) is 24.6 Å². The van der Waals surface area contributed by atoms with Gasteiger partial charge in [0.2, 0.25) is 0 Å². The first-order valence-corrected chi connectivity index (χ1v) is 11.9. The van der Waals surface area contributed by atoms with Gasteiger partial charge in [-0.05, 0) is 33.6 Å². The molecule has 1 unspecified atom stereocenters. The van der Waals surface area contributed by atoms with Gasteiger partial charge < -0.3 is 35.5 Å². The maximum atomic E-state index is 12.2. The summed E-state index contributed by atoms with van der Waals surface area (Å²) >= 11 is 0. The standard InChI is InChI=1S/C24H36N4O8/c1-15(8-5-6-10-26-23(33)36-24(2,3)4)21(31)34-11-7-9-16-13-28(22(32)27-20(16)25)19-12-17(30)18(14-29)35-19/h13,15,17-19,29-30H,5-6,8,10-12,14H2,1-4H3,(H,26,33)(H2,25,27,32)/t15?,17-,18-,19-/m1/s1. The summed E-state index contributed by atoms with van der Waals surface area (Å²) in [5.74, 6) is 4.59. The van der Waals surface area contributed by atoms with E-state index in [2.05, 4.69) is 22.1 Å². The summed E-state index contributed by atoms with van der Waals surface area (Å²) in [5, 5.41) is 21.8. The van der Waals surface area contributed by atoms with E-state index in [1.807, 2.05) is 0 Å². The third kappa shape index (κ3) is 9.14. The number of alkyl carbamates (subject to hydrolysis) is 1. The number of nitrogens with one attached hydrogen (secondary N) is 1. The molecule has 1 amide bonds. The molecule has 0 aromatic carbocycles. The van der Waals surface area contributed by atoms with Crippen molar-refractivity contribution >= 4 is 17.9 Å². The van der Waals surface area contributed by atoms with Crippen LogP contribution in [-0.2, 0) is 19.0 Å². The molecule has 36 heavy (non-hydrogen) atoms. The molecule has 2 heterocycles. The van der Waals surface area contributed by atoms with Crippen molar-refractivity contribution in [3.05, 3.63) is 22.2 Å². The normalized spacial score (nSPS) is 20.2. The number of ether oxygens (including phenoxy) is 3. The summed E-state index contributed by atoms with van der Waals surface area (Å²) in [5.41, 5.74) is 4.81. The molecule has 1 aliphatic rings. The van der Waals surface area contributed by atoms with E-state index in [0.29, 0.717) is 19.4 Å². The first-order chi connectivity index (χ1) is 16.9. The van der Waals surface area contributed by atoms with Crippen molar-refractivity contribution in [2.75, 3.05) is 25.5 Å². The Balaban J connectivity index is 1.79. The number of carbonyl (C=O) groups is 2. The van der Waals surface area contributed by atoms with Crippen molar-refractivity contribution in [1.29, 1.82) is 0 Å². The second-order valence-corrected chi connectivity index (χ2v) is 9.58. The Bertz CT molecular complexity index is 1020. The predicted molar refractivity (Wildman–Crippen MR) is 130 cm³/mol. The average Bonchev–Trinajstić information content (AvgIpc) is 3.16. The third-order valence-corrected chi connectivity index (χ3v) is 5.32. The highest BCUT2D eigenvalue weighted by Gasteiger charge is 2.35. The Kier molecular flexibility index (Phi) is 10.7. The van der Waals surface area contributed by atoms with Crippen molar-refractivity contribution in [1.82, 2.24) is 14.9 Å². The van der Waals surface area contributed by atoms with Gasteiger partial charge in [-0.3, -0.25) is 9.36 Å². The molecule has 0 spiro atoms. The maximum Gasteiger partial charge on any atom is 0.407 e. The molecule has 12 nitrogen and oxygen atoms in total. The number of nitrogen functional groups attached to an aromatic ring is 1. The van der Waals surface area contributed by atoms with Gasteiger partial charge in [0.05, 0.1) is 24.2 Å². The highest BCUT2D eigenvalue weighted by atomic mass is 16.6. The van der Waals surface area contributed by atoms with Crippen molar-refractivity contribution in [3.63, 3.8) is 0 Å². The second kappa shape index (κ2) is 13.2. The van der Waals surface area contributed by atoms with Crippen LogP contribution in [0.4, 0.5) is 10.6 Å². The molecule has 2 rings (SSSR count). The number of anilines is 1. The number of rotatable bonds is 9. The lowest BCUT2D eigenvalue weighted by Crippen LogP contribution is -2.33. The van der Waals surface area contributed by atoms with Crippen LogP contribution in [0.15, 0.2) is 11.0 Å². The minimum atomic E-state index is -0.915. The minimum absolute atomic E-state index is 0.0827. The largest absolute Gasteiger partial charge is 0.452 e. The van der Waals surface area contributed by atoms with E-state index in [1.54, 1.807) is 27.7 Å². The van der Waals surface area contributed by atoms with Gasteiger partial charge in [0, 0.05) is 19.2 Å². The van der Waals surface area contributed by atoms with Gasteiger partial charge in [-0.1, -0.05) is 25.2 Å². The van der Waals surface area contributed by atoms with E-state index in [1.165, 1.54) is 6.20 Å². The molecule has 1 aromatic heterocycles. The molecule has 0 aliphatic carbocycles. The molecule has 1 saturated heterocycles. The Morgan fingerprint density at radius 2 is 2.11 bits per heavy atom. The SMILES string of the molecule is CC(CCCCNC(=O)OC(C)(C)C)C(=O)OCC#Cc1cn([C@H]2C[C@@H](O)[C@@H](CO)O2)c(=O)nc1N. The first kappa shape index (κ1) is 29.1. The number of aromatic nitrogens is 2. The molecular formula is C24H36N4O8. The summed E-state index contributed by atoms with van der Waals surface area (Å²) in [6.07, 6.45) is 0.486. The molecular weight excluding hydrogens is 472 g/mol. The summed E-state index contributed by atoms with van der Waals surface area (Å²) < 4.78 is 17.0. The molecule has 1 fully saturated rings. The van der Waals surface area contributed by atoms with Gasteiger partial charge in [0.25, 0.3) is 0 Å². The fourth-order valence-electron chi connectivity index (χ4n) is 3.41. The number of hydrogen-bond donors (Lipinski definition) is 4. The molecule has 12 heteroatoms. The highest BCUT2D eigenvalue weighted by Crippen LogP contribution is 2.27. The quantitative estimate of drug-likeness (QED) is 0.211. The van der Waals surface area contributed by atoms with Gasteiger partial charge >= 0.3 is 17.8 Å². The van der Waals surface area contributed by atoms with Crippen molar-refractivity contribution in [2.45, 2.75) is 77.4 Å². The first-order valence-electron chi connectivity index (χ1n) is 11.9. The lowest BCUT2D eigenvalue weighted by atomic mass is 10.0. The zero-order valence-electron chi connectivity index (χ0n) is 21.2. The van der Waals surface area contributed by atoms with Crippen LogP contribution < -0.4 is 16.7 Å². The van der Waals surface area contributed by atoms with E-state index >= 15 is 0 Å². The van der Waals surface area contributed by atoms with Crippen LogP contribution in [0.25, 0.3) is 0 Å². The van der Waals surface area contributed by atoms with Gasteiger partial charge in [-0.15, -0.1) is 0 Å². The number of unbranched alkanes of at least 4 members (excludes halogenated alkanes) is 1. The number of esters is 1. The lowest BCUT2D eigenvalue weighted by Gasteiger charge is -2.19. The van der Waals surface area contributed by atoms with E-state index in [0.717, 1.165) is 11.0 Å². The Morgan fingerprint density at radius 3 is 2.75 bits per heavy atom. The number of hydrogen-bond acceptors (Lipinski definition) is 10. The number of nitrogens with two attached hydrogens (primary N) is 1. The molecule has 1 aromatic rings. The Labute approximate surface area is 210 Å². The molecule has 5 N–H and O–H groups in total. The summed E-state index contributed by atoms with van der Waals surface area (Å²) in [7, 11) is 0. The van der Waals surface area contributed by atoms with Crippen molar-refractivity contribution in [3.8, 4) is 11.8 Å². The van der Waals surface area contributed by atoms with Crippen LogP contribution in [0.3, 0.4) is 0 Å². The number of aliphatic hydroxyl groups is 2. The third-order valence-electron chi connectivity index (χ3n) is 5.32. The molecule has 0 radical (unpaired) electrons. The number of aliphatic hydroxyl groups excluding tert-OH is 2. The number of nitrogens with zero attached hydrogens (tertiary/aromatic N) is 2. The van der Waals surface area contributed by atoms with Gasteiger partial charge in [-0.2, -0.15) is 4.98 Å². The minimum Gasteiger partial charge on any atom is -0.452 e. The lowest BCUT2D eigenvalue weighted by molar-refractivity contribution is -0.146. The zero-order chi connectivity index (χ0) is 26.9. The fraction of sp³-hybridized carbons (Fsp3) is 0.667. The smallest absolute Gasteiger partial charge is 0.407 e. The fourth-order valence-corrected chi connectivity index (χ4v) is 3.41. The molecule has 1 aliphatic heterocycles. The van der Waals surface area contributed by atoms with E-state index < -0.39 is 41.8 Å². The summed E-state index contributed by atoms with van der Waals surface area (Å²) in [6.45, 7) is 7.02. The molecule has 200 valence electrons. The Hall–Kier alpha value is -3.14. The topological polar surface area (TPSA) is 175 Å². The second-order valence-electron chi connectivity index (χ2n) is 9.58. The molecule has 0 saturated carbocycles. The van der Waals surface area contributed by atoms with E-state index in [4.69, 9.17) is 19.9 Å². The van der Waals surface area contributed by atoms with Crippen LogP contribution >= 0.6 is 0 Å². The van der Waals surface area contributed by atoms with Crippen LogP contribution in [0.5, 0.6) is 0 Å². The summed E-state index contributed by atoms with van der Waals surface area (Å²) in [4.78, 5) is 39.7. The number of carbonyl (C=O) groups excluding carboxylic acids is 2. The average molecular weight is 509 g/mol. The van der Waals surface area contributed by atoms with Crippen molar-refractivity contribution in [2.24, 2.45) is 5.92 Å². The molecule has 0 bridgehead atoms. The monoisotopic (exact) mass is 508 g/mol. The van der Waals surface area contributed by atoms with Crippen LogP contribution in [0.1, 0.15) is 65.2 Å². The molecule has 4 atom stereocenters.